The number of hydrogen-bond acceptors (Lipinski definition) is 6. The van der Waals surface area contributed by atoms with Gasteiger partial charge >= 0.3 is 0 Å². The molecule has 2 aromatic carbocycles. The van der Waals surface area contributed by atoms with Crippen molar-refractivity contribution in [3.05, 3.63) is 59.4 Å². The number of carbonyl (C=O) groups excluding carboxylic acids is 1. The summed E-state index contributed by atoms with van der Waals surface area (Å²) >= 11 is 6.00. The summed E-state index contributed by atoms with van der Waals surface area (Å²) in [5.74, 6) is 1.77. The summed E-state index contributed by atoms with van der Waals surface area (Å²) < 4.78 is 10.6. The minimum absolute atomic E-state index is 0.00594. The number of piperidine rings is 1. The van der Waals surface area contributed by atoms with Gasteiger partial charge in [-0.1, -0.05) is 22.8 Å². The van der Waals surface area contributed by atoms with Gasteiger partial charge in [0.15, 0.2) is 0 Å². The summed E-state index contributed by atoms with van der Waals surface area (Å²) in [5, 5.41) is 7.64. The number of methoxy groups -OCH3 is 1. The summed E-state index contributed by atoms with van der Waals surface area (Å²) in [7, 11) is 1.63. The van der Waals surface area contributed by atoms with Crippen LogP contribution in [0.25, 0.3) is 11.4 Å². The van der Waals surface area contributed by atoms with Gasteiger partial charge in [0.25, 0.3) is 0 Å². The van der Waals surface area contributed by atoms with Crippen LogP contribution < -0.4 is 10.1 Å². The molecule has 1 saturated heterocycles. The Morgan fingerprint density at radius 3 is 2.90 bits per heavy atom. The van der Waals surface area contributed by atoms with Crippen LogP contribution in [0.5, 0.6) is 5.75 Å². The molecule has 7 nitrogen and oxygen atoms in total. The van der Waals surface area contributed by atoms with Crippen molar-refractivity contribution in [3.8, 4) is 17.1 Å². The molecule has 3 aromatic rings. The molecule has 0 saturated carbocycles. The lowest BCUT2D eigenvalue weighted by molar-refractivity contribution is -0.121. The van der Waals surface area contributed by atoms with Crippen LogP contribution in [0.4, 0.5) is 5.69 Å². The van der Waals surface area contributed by atoms with Crippen LogP contribution >= 0.6 is 11.6 Å². The summed E-state index contributed by atoms with van der Waals surface area (Å²) in [4.78, 5) is 19.4. The van der Waals surface area contributed by atoms with Crippen molar-refractivity contribution in [3.63, 3.8) is 0 Å². The Morgan fingerprint density at radius 2 is 2.13 bits per heavy atom. The first kappa shape index (κ1) is 20.4. The maximum Gasteiger partial charge on any atom is 0.241 e. The van der Waals surface area contributed by atoms with Crippen LogP contribution in [0.15, 0.2) is 53.1 Å². The Morgan fingerprint density at radius 1 is 1.30 bits per heavy atom. The minimum Gasteiger partial charge on any atom is -0.497 e. The van der Waals surface area contributed by atoms with Gasteiger partial charge in [0.2, 0.25) is 17.6 Å². The first-order valence-corrected chi connectivity index (χ1v) is 10.2. The molecule has 4 rings (SSSR count). The number of halogens is 1. The van der Waals surface area contributed by atoms with Gasteiger partial charge in [-0.3, -0.25) is 9.69 Å². The Labute approximate surface area is 180 Å². The van der Waals surface area contributed by atoms with E-state index in [4.69, 9.17) is 20.9 Å². The highest BCUT2D eigenvalue weighted by Gasteiger charge is 2.27. The lowest BCUT2D eigenvalue weighted by Gasteiger charge is -2.30. The molecule has 1 aromatic heterocycles. The molecule has 0 aliphatic carbocycles. The van der Waals surface area contributed by atoms with Gasteiger partial charge in [0, 0.05) is 22.8 Å². The number of anilines is 1. The van der Waals surface area contributed by atoms with Crippen LogP contribution in [0, 0.1) is 5.92 Å². The maximum atomic E-state index is 12.7. The average molecular weight is 427 g/mol. The number of aromatic nitrogens is 2. The predicted molar refractivity (Wildman–Crippen MR) is 114 cm³/mol. The molecule has 0 bridgehead atoms. The third kappa shape index (κ3) is 4.98. The lowest BCUT2D eigenvalue weighted by Crippen LogP contribution is -2.40. The fourth-order valence-corrected chi connectivity index (χ4v) is 3.78. The van der Waals surface area contributed by atoms with Gasteiger partial charge in [0.05, 0.1) is 19.6 Å². The van der Waals surface area contributed by atoms with Crippen LogP contribution in [-0.2, 0) is 11.3 Å². The predicted octanol–water partition coefficient (Wildman–Crippen LogP) is 4.25. The first-order chi connectivity index (χ1) is 14.6. The SMILES string of the molecule is COc1ccc(-c2noc(CN3CCCC(C(=O)Nc4cccc(Cl)c4)C3)n2)cc1. The van der Waals surface area contributed by atoms with E-state index < -0.39 is 0 Å². The number of likely N-dealkylation sites (tertiary alicyclic amines) is 1. The zero-order chi connectivity index (χ0) is 20.9. The van der Waals surface area contributed by atoms with E-state index in [9.17, 15) is 4.79 Å². The summed E-state index contributed by atoms with van der Waals surface area (Å²) in [5.41, 5.74) is 1.58. The van der Waals surface area contributed by atoms with Crippen molar-refractivity contribution in [2.75, 3.05) is 25.5 Å². The molecule has 1 aliphatic rings. The van der Waals surface area contributed by atoms with Crippen LogP contribution in [0.2, 0.25) is 5.02 Å². The van der Waals surface area contributed by atoms with Gasteiger partial charge in [-0.25, -0.2) is 0 Å². The van der Waals surface area contributed by atoms with E-state index >= 15 is 0 Å². The fourth-order valence-electron chi connectivity index (χ4n) is 3.59. The molecule has 1 atom stereocenters. The van der Waals surface area contributed by atoms with E-state index in [1.54, 1.807) is 19.2 Å². The molecule has 156 valence electrons. The van der Waals surface area contributed by atoms with Crippen LogP contribution in [0.3, 0.4) is 0 Å². The molecule has 1 fully saturated rings. The van der Waals surface area contributed by atoms with Crippen LogP contribution in [-0.4, -0.2) is 41.1 Å². The van der Waals surface area contributed by atoms with E-state index in [1.165, 1.54) is 0 Å². The Kier molecular flexibility index (Phi) is 6.30. The highest BCUT2D eigenvalue weighted by molar-refractivity contribution is 6.30. The van der Waals surface area contributed by atoms with Crippen molar-refractivity contribution < 1.29 is 14.1 Å². The quantitative estimate of drug-likeness (QED) is 0.634. The molecular formula is C22H23ClN4O3. The number of hydrogen-bond donors (Lipinski definition) is 1. The summed E-state index contributed by atoms with van der Waals surface area (Å²) in [6, 6.07) is 14.7. The third-order valence-electron chi connectivity index (χ3n) is 5.14. The van der Waals surface area contributed by atoms with E-state index in [0.29, 0.717) is 35.5 Å². The van der Waals surface area contributed by atoms with Gasteiger partial charge in [-0.15, -0.1) is 0 Å². The van der Waals surface area contributed by atoms with E-state index in [0.717, 1.165) is 30.7 Å². The van der Waals surface area contributed by atoms with Crippen molar-refractivity contribution in [1.29, 1.82) is 0 Å². The maximum absolute atomic E-state index is 12.7. The number of ether oxygens (including phenoxy) is 1. The van der Waals surface area contributed by atoms with Gasteiger partial charge < -0.3 is 14.6 Å². The largest absolute Gasteiger partial charge is 0.497 e. The van der Waals surface area contributed by atoms with E-state index in [-0.39, 0.29) is 11.8 Å². The van der Waals surface area contributed by atoms with Gasteiger partial charge in [0.1, 0.15) is 5.75 Å². The molecule has 1 amide bonds. The van der Waals surface area contributed by atoms with Crippen molar-refractivity contribution >= 4 is 23.2 Å². The zero-order valence-electron chi connectivity index (χ0n) is 16.7. The van der Waals surface area contributed by atoms with Crippen LogP contribution in [0.1, 0.15) is 18.7 Å². The Bertz CT molecular complexity index is 1010. The Balaban J connectivity index is 1.36. The monoisotopic (exact) mass is 426 g/mol. The molecule has 30 heavy (non-hydrogen) atoms. The molecule has 0 spiro atoms. The number of nitrogens with zero attached hydrogens (tertiary/aromatic N) is 3. The number of nitrogens with one attached hydrogen (secondary N) is 1. The Hall–Kier alpha value is -2.90. The molecule has 1 N–H and O–H groups in total. The summed E-state index contributed by atoms with van der Waals surface area (Å²) in [6.45, 7) is 2.05. The normalized spacial score (nSPS) is 16.9. The minimum atomic E-state index is -0.0956. The van der Waals surface area contributed by atoms with E-state index in [1.807, 2.05) is 36.4 Å². The number of carbonyl (C=O) groups is 1. The highest BCUT2D eigenvalue weighted by Crippen LogP contribution is 2.23. The fraction of sp³-hybridized carbons (Fsp3) is 0.318. The first-order valence-electron chi connectivity index (χ1n) is 9.86. The highest BCUT2D eigenvalue weighted by atomic mass is 35.5. The standard InChI is InChI=1S/C22H23ClN4O3/c1-29-19-9-7-15(8-10-19)21-25-20(30-26-21)14-27-11-3-4-16(13-27)22(28)24-18-6-2-5-17(23)12-18/h2,5-10,12,16H,3-4,11,13-14H2,1H3,(H,24,28). The van der Waals surface area contributed by atoms with Crippen molar-refractivity contribution in [2.24, 2.45) is 5.92 Å². The zero-order valence-corrected chi connectivity index (χ0v) is 17.4. The smallest absolute Gasteiger partial charge is 0.241 e. The number of rotatable bonds is 6. The lowest BCUT2D eigenvalue weighted by atomic mass is 9.97. The molecule has 8 heteroatoms. The summed E-state index contributed by atoms with van der Waals surface area (Å²) in [6.07, 6.45) is 1.79. The number of benzene rings is 2. The molecular weight excluding hydrogens is 404 g/mol. The second kappa shape index (κ2) is 9.28. The second-order valence-electron chi connectivity index (χ2n) is 7.31. The molecule has 2 heterocycles. The number of amides is 1. The van der Waals surface area contributed by atoms with Gasteiger partial charge in [-0.2, -0.15) is 4.98 Å². The molecule has 1 aliphatic heterocycles. The third-order valence-corrected chi connectivity index (χ3v) is 5.38. The topological polar surface area (TPSA) is 80.5 Å². The molecule has 1 unspecified atom stereocenters. The average Bonchev–Trinajstić information content (AvgIpc) is 3.22. The van der Waals surface area contributed by atoms with Crippen molar-refractivity contribution in [1.82, 2.24) is 15.0 Å². The van der Waals surface area contributed by atoms with Gasteiger partial charge in [-0.05, 0) is 61.9 Å². The van der Waals surface area contributed by atoms with Crippen molar-refractivity contribution in [2.45, 2.75) is 19.4 Å². The molecule has 0 radical (unpaired) electrons. The van der Waals surface area contributed by atoms with E-state index in [2.05, 4.69) is 20.4 Å². The second-order valence-corrected chi connectivity index (χ2v) is 7.75.